The number of rotatable bonds is 60. The predicted octanol–water partition coefficient (Wildman–Crippen LogP) is 4.42. The van der Waals surface area contributed by atoms with Crippen LogP contribution < -0.4 is 31.9 Å². The summed E-state index contributed by atoms with van der Waals surface area (Å²) in [6.07, 6.45) is 0.459. The van der Waals surface area contributed by atoms with E-state index in [1.54, 1.807) is 20.8 Å². The maximum atomic E-state index is 13.0. The number of ether oxygens (including phenoxy) is 15. The van der Waals surface area contributed by atoms with Crippen molar-refractivity contribution in [1.29, 1.82) is 0 Å². The van der Waals surface area contributed by atoms with E-state index in [0.717, 1.165) is 0 Å². The van der Waals surface area contributed by atoms with Crippen molar-refractivity contribution in [3.8, 4) is 0 Å². The van der Waals surface area contributed by atoms with E-state index >= 15 is 0 Å². The lowest BCUT2D eigenvalue weighted by Gasteiger charge is -2.44. The minimum atomic E-state index is -0.959. The average Bonchev–Trinajstić information content (AvgIpc) is 0.808. The van der Waals surface area contributed by atoms with Crippen molar-refractivity contribution in [3.63, 3.8) is 0 Å². The number of carbonyl (C=O) groups excluding carboxylic acids is 15. The summed E-state index contributed by atoms with van der Waals surface area (Å²) in [7, 11) is 0. The van der Waals surface area contributed by atoms with Crippen molar-refractivity contribution in [2.45, 2.75) is 298 Å². The highest BCUT2D eigenvalue weighted by atomic mass is 16.7. The molecule has 16 atom stereocenters. The third-order valence-electron chi connectivity index (χ3n) is 19.3. The van der Waals surface area contributed by atoms with Crippen LogP contribution in [0.3, 0.4) is 0 Å². The Morgan fingerprint density at radius 1 is 0.310 bits per heavy atom. The van der Waals surface area contributed by atoms with Gasteiger partial charge in [0.25, 0.3) is 0 Å². The number of unbranched alkanes of at least 4 members (excludes halogenated alkanes) is 6. The second-order valence-electron chi connectivity index (χ2n) is 30.3. The highest BCUT2D eigenvalue weighted by Gasteiger charge is 2.50. The van der Waals surface area contributed by atoms with Gasteiger partial charge < -0.3 is 103 Å². The summed E-state index contributed by atoms with van der Waals surface area (Å²) in [6, 6.07) is -2.06. The Kier molecular flexibility index (Phi) is 50.7. The van der Waals surface area contributed by atoms with Crippen LogP contribution in [0.25, 0.3) is 0 Å². The lowest BCUT2D eigenvalue weighted by molar-refractivity contribution is -0.262. The molecule has 0 aromatic carbocycles. The zero-order chi connectivity index (χ0) is 86.1. The van der Waals surface area contributed by atoms with Crippen molar-refractivity contribution in [2.24, 2.45) is 23.2 Å². The number of hydrogen-bond acceptors (Lipinski definition) is 30. The molecule has 116 heavy (non-hydrogen) atoms. The van der Waals surface area contributed by atoms with Gasteiger partial charge in [0, 0.05) is 183 Å². The van der Waals surface area contributed by atoms with Crippen LogP contribution in [0, 0.1) is 23.2 Å². The molecule has 0 radical (unpaired) electrons. The van der Waals surface area contributed by atoms with Crippen molar-refractivity contribution in [1.82, 2.24) is 31.9 Å². The van der Waals surface area contributed by atoms with Crippen molar-refractivity contribution >= 4 is 88.6 Å². The van der Waals surface area contributed by atoms with E-state index < -0.39 is 133 Å². The summed E-state index contributed by atoms with van der Waals surface area (Å²) in [5.41, 5.74) is -0.756. The van der Waals surface area contributed by atoms with Gasteiger partial charge in [-0.05, 0) is 70.6 Å². The lowest BCUT2D eigenvalue weighted by Crippen LogP contribution is -2.62. The Morgan fingerprint density at radius 2 is 0.586 bits per heavy atom. The second-order valence-corrected chi connectivity index (χ2v) is 30.3. The third-order valence-corrected chi connectivity index (χ3v) is 19.3. The summed E-state index contributed by atoms with van der Waals surface area (Å²) < 4.78 is 86.3. The van der Waals surface area contributed by atoms with Gasteiger partial charge >= 0.3 is 35.8 Å². The first-order chi connectivity index (χ1) is 55.1. The van der Waals surface area contributed by atoms with Crippen LogP contribution in [-0.2, 0) is 143 Å². The molecule has 0 saturated carbocycles. The van der Waals surface area contributed by atoms with Gasteiger partial charge in [-0.25, -0.2) is 0 Å². The highest BCUT2D eigenvalue weighted by Crippen LogP contribution is 2.34. The molecular formula is C80H132N6O30. The highest BCUT2D eigenvalue weighted by molar-refractivity contribution is 5.80. The molecule has 3 saturated heterocycles. The van der Waals surface area contributed by atoms with Crippen LogP contribution in [0.1, 0.15) is 225 Å². The Labute approximate surface area is 681 Å². The number of carbonyl (C=O) groups is 15. The second kappa shape index (κ2) is 57.4. The minimum absolute atomic E-state index is 0.00215. The Hall–Kier alpha value is -7.71. The molecule has 36 nitrogen and oxygen atoms in total. The Bertz CT molecular complexity index is 2770. The Morgan fingerprint density at radius 3 is 0.897 bits per heavy atom. The van der Waals surface area contributed by atoms with Crippen LogP contribution in [0.15, 0.2) is 0 Å². The molecule has 0 bridgehead atoms. The molecular weight excluding hydrogens is 1520 g/mol. The summed E-state index contributed by atoms with van der Waals surface area (Å²) in [6.45, 7) is 20.2. The fourth-order valence-corrected chi connectivity index (χ4v) is 13.3. The van der Waals surface area contributed by atoms with Gasteiger partial charge in [0.05, 0.1) is 57.8 Å². The first kappa shape index (κ1) is 102. The normalized spacial score (nSPS) is 23.5. The van der Waals surface area contributed by atoms with E-state index in [9.17, 15) is 71.9 Å². The number of amides is 6. The standard InChI is InChI=1S/C80H132N6O30/c1-50-71(84-53(4)87)77(114-65(44-108-56(7)90)74(50)111-59(10)93)105-38-22-18-29-62(96)26-15-14-16-27-63(97)32-41-102-47-80(13,48-103-42-33-64(98)28-17-21-35-81-68(99)30-19-23-39-106-78-72(85-54(5)88)51(2)75(112-60(11)94)66(115-78)45-109-57(8)91)49-104-43-34-70(101)83-37-25-36-82-69(100)31-20-24-40-107-79-73(86-55(6)89)52(3)76(113-61(12)95)67(116-79)46-110-58(9)92/h50-52,65-67,71-79H,14-49H2,1-13H3,(H,81,99)(H,82,100)(H,83,101)(H,84,87)(H,85,88)(H,86,89). The third kappa shape index (κ3) is 44.2. The van der Waals surface area contributed by atoms with Crippen LogP contribution in [0.5, 0.6) is 0 Å². The van der Waals surface area contributed by atoms with E-state index in [1.807, 2.05) is 6.92 Å². The summed E-state index contributed by atoms with van der Waals surface area (Å²) >= 11 is 0. The van der Waals surface area contributed by atoms with Gasteiger partial charge in [0.2, 0.25) is 35.4 Å². The molecule has 0 aromatic rings. The fourth-order valence-electron chi connectivity index (χ4n) is 13.3. The van der Waals surface area contributed by atoms with Crippen molar-refractivity contribution in [2.75, 3.05) is 98.9 Å². The summed E-state index contributed by atoms with van der Waals surface area (Å²) in [4.78, 5) is 184. The molecule has 3 heterocycles. The molecule has 6 N–H and O–H groups in total. The molecule has 6 amide bonds. The topological polar surface area (TPSA) is 467 Å². The van der Waals surface area contributed by atoms with Gasteiger partial charge in [-0.15, -0.1) is 0 Å². The zero-order valence-corrected chi connectivity index (χ0v) is 70.4. The van der Waals surface area contributed by atoms with Gasteiger partial charge in [-0.3, -0.25) is 71.9 Å². The summed E-state index contributed by atoms with van der Waals surface area (Å²) in [5.74, 6) is -6.38. The van der Waals surface area contributed by atoms with Gasteiger partial charge in [0.1, 0.15) is 73.8 Å². The van der Waals surface area contributed by atoms with Gasteiger partial charge in [0.15, 0.2) is 18.9 Å². The predicted molar refractivity (Wildman–Crippen MR) is 412 cm³/mol. The Balaban J connectivity index is 1.42. The average molecular weight is 1660 g/mol. The van der Waals surface area contributed by atoms with E-state index in [0.29, 0.717) is 109 Å². The van der Waals surface area contributed by atoms with E-state index in [1.165, 1.54) is 62.3 Å². The first-order valence-electron chi connectivity index (χ1n) is 40.7. The zero-order valence-electron chi connectivity index (χ0n) is 70.4. The molecule has 0 spiro atoms. The van der Waals surface area contributed by atoms with Crippen LogP contribution in [0.4, 0.5) is 0 Å². The molecule has 0 aromatic heterocycles. The molecule has 0 aliphatic carbocycles. The smallest absolute Gasteiger partial charge is 0.303 e. The molecule has 3 aliphatic rings. The molecule has 3 fully saturated rings. The maximum absolute atomic E-state index is 13.0. The van der Waals surface area contributed by atoms with Crippen molar-refractivity contribution < 1.29 is 143 Å². The van der Waals surface area contributed by atoms with Gasteiger partial charge in [-0.2, -0.15) is 0 Å². The SMILES string of the molecule is CC(=O)NC1C(OCCCCC(=O)CCCCCC(=O)CCOCC(C)(COCCC(=O)CCCCNC(=O)CCCCOC2OC(COC(C)=O)C(OC(C)=O)C(C)C2NC(C)=O)COCCC(=O)NCCCNC(=O)CCCCOC2OC(COC(C)=O)C(OC(C)=O)C(C)C2NC(C)=O)OC(COC(C)=O)C(OC(C)=O)C1C. The summed E-state index contributed by atoms with van der Waals surface area (Å²) in [5, 5.41) is 17.0. The fraction of sp³-hybridized carbons (Fsp3) is 0.812. The lowest BCUT2D eigenvalue weighted by atomic mass is 9.88. The van der Waals surface area contributed by atoms with E-state index in [-0.39, 0.29) is 177 Å². The number of nitrogens with one attached hydrogen (secondary N) is 6. The van der Waals surface area contributed by atoms with E-state index in [4.69, 9.17) is 71.1 Å². The maximum Gasteiger partial charge on any atom is 0.303 e. The van der Waals surface area contributed by atoms with Gasteiger partial charge in [-0.1, -0.05) is 34.1 Å². The number of Topliss-reactive ketones (excluding diaryl/α,β-unsaturated/α-hetero) is 3. The van der Waals surface area contributed by atoms with Crippen LogP contribution >= 0.6 is 0 Å². The molecule has 3 rings (SSSR count). The largest absolute Gasteiger partial charge is 0.463 e. The minimum Gasteiger partial charge on any atom is -0.463 e. The van der Waals surface area contributed by atoms with Crippen LogP contribution in [0.2, 0.25) is 0 Å². The monoisotopic (exact) mass is 1660 g/mol. The molecule has 16 unspecified atom stereocenters. The molecule has 3 aliphatic heterocycles. The van der Waals surface area contributed by atoms with Crippen molar-refractivity contribution in [3.05, 3.63) is 0 Å². The number of hydrogen-bond donors (Lipinski definition) is 6. The number of esters is 6. The first-order valence-corrected chi connectivity index (χ1v) is 40.7. The number of ketones is 3. The molecule has 36 heteroatoms. The van der Waals surface area contributed by atoms with Crippen LogP contribution in [-0.4, -0.2) is 261 Å². The quantitative estimate of drug-likeness (QED) is 0.0279. The molecule has 662 valence electrons. The van der Waals surface area contributed by atoms with E-state index in [2.05, 4.69) is 31.9 Å².